The van der Waals surface area contributed by atoms with Crippen molar-refractivity contribution >= 4 is 41.5 Å². The molecule has 0 fully saturated rings. The van der Waals surface area contributed by atoms with Gasteiger partial charge in [-0.2, -0.15) is 0 Å². The Morgan fingerprint density at radius 2 is 0.641 bits per heavy atom. The first-order valence-corrected chi connectivity index (χ1v) is 16.2. The van der Waals surface area contributed by atoms with Crippen LogP contribution in [-0.4, -0.2) is 77.1 Å². The van der Waals surface area contributed by atoms with Crippen molar-refractivity contribution in [3.05, 3.63) is 0 Å². The van der Waals surface area contributed by atoms with Crippen LogP contribution in [0.5, 0.6) is 0 Å². The molecule has 0 rings (SSSR count). The van der Waals surface area contributed by atoms with E-state index in [-0.39, 0.29) is 42.8 Å². The third-order valence-corrected chi connectivity index (χ3v) is 7.27. The molecule has 0 aromatic heterocycles. The van der Waals surface area contributed by atoms with Crippen LogP contribution in [0, 0.1) is 0 Å². The summed E-state index contributed by atoms with van der Waals surface area (Å²) < 4.78 is 10.1. The monoisotopic (exact) mass is 566 g/mol. The Morgan fingerprint density at radius 3 is 0.872 bits per heavy atom. The second-order valence-corrected chi connectivity index (χ2v) is 11.0. The molecule has 2 atom stereocenters. The Bertz CT molecular complexity index is 485. The fourth-order valence-electron chi connectivity index (χ4n) is 4.66. The van der Waals surface area contributed by atoms with Crippen LogP contribution in [0.3, 0.4) is 0 Å². The van der Waals surface area contributed by atoms with Gasteiger partial charge in [0.05, 0.1) is 13.2 Å². The van der Waals surface area contributed by atoms with E-state index in [4.69, 9.17) is 9.47 Å². The van der Waals surface area contributed by atoms with Crippen molar-refractivity contribution in [3.63, 3.8) is 0 Å². The van der Waals surface area contributed by atoms with E-state index >= 15 is 0 Å². The zero-order chi connectivity index (χ0) is 28.1. The van der Waals surface area contributed by atoms with Crippen LogP contribution >= 0.6 is 0 Å². The Balaban J connectivity index is 0. The first kappa shape index (κ1) is 41.0. The Hall–Kier alpha value is -0.140. The molecule has 0 amide bonds. The zero-order valence-corrected chi connectivity index (χ0v) is 25.1. The molecule has 0 aliphatic heterocycles. The summed E-state index contributed by atoms with van der Waals surface area (Å²) in [4.78, 5) is 23.9. The number of esters is 2. The van der Waals surface area contributed by atoms with E-state index in [1.54, 1.807) is 0 Å². The van der Waals surface area contributed by atoms with Crippen molar-refractivity contribution in [2.45, 2.75) is 180 Å². The molecule has 2 N–H and O–H groups in total. The normalized spacial score (nSPS) is 12.5. The van der Waals surface area contributed by atoms with Crippen molar-refractivity contribution in [1.82, 2.24) is 0 Å². The molecule has 0 bridgehead atoms. The summed E-state index contributed by atoms with van der Waals surface area (Å²) in [6.45, 7) is 4.86. The Kier molecular flexibility index (Phi) is 34.0. The van der Waals surface area contributed by atoms with Crippen LogP contribution in [0.2, 0.25) is 0 Å². The van der Waals surface area contributed by atoms with Gasteiger partial charge in [0.15, 0.2) is 12.2 Å². The molecular formula is C32H63NaO6. The molecule has 6 nitrogen and oxygen atoms in total. The van der Waals surface area contributed by atoms with Gasteiger partial charge < -0.3 is 19.7 Å². The molecule has 0 aliphatic rings. The number of hydrogen-bond acceptors (Lipinski definition) is 6. The summed E-state index contributed by atoms with van der Waals surface area (Å²) in [5.41, 5.74) is 0. The zero-order valence-electron chi connectivity index (χ0n) is 25.1. The van der Waals surface area contributed by atoms with Gasteiger partial charge in [-0.1, -0.05) is 155 Å². The van der Waals surface area contributed by atoms with E-state index in [0.717, 1.165) is 38.5 Å². The molecule has 0 aromatic rings. The Morgan fingerprint density at radius 1 is 0.436 bits per heavy atom. The van der Waals surface area contributed by atoms with Gasteiger partial charge >= 0.3 is 41.5 Å². The first-order valence-electron chi connectivity index (χ1n) is 16.2. The van der Waals surface area contributed by atoms with E-state index in [1.165, 1.54) is 116 Å². The van der Waals surface area contributed by atoms with Crippen LogP contribution in [0.15, 0.2) is 0 Å². The van der Waals surface area contributed by atoms with Crippen LogP contribution in [0.1, 0.15) is 168 Å². The topological polar surface area (TPSA) is 93.1 Å². The number of ether oxygens (including phenoxy) is 2. The molecule has 0 saturated heterocycles. The molecule has 0 radical (unpaired) electrons. The number of unbranched alkanes of at least 4 members (excludes halogenated alkanes) is 22. The van der Waals surface area contributed by atoms with Gasteiger partial charge in [0.25, 0.3) is 0 Å². The van der Waals surface area contributed by atoms with E-state index in [1.807, 2.05) is 0 Å². The average Bonchev–Trinajstić information content (AvgIpc) is 2.92. The maximum atomic E-state index is 11.9. The van der Waals surface area contributed by atoms with Crippen LogP contribution < -0.4 is 0 Å². The number of rotatable bonds is 29. The molecule has 0 heterocycles. The van der Waals surface area contributed by atoms with Crippen molar-refractivity contribution in [3.8, 4) is 0 Å². The second kappa shape index (κ2) is 32.4. The van der Waals surface area contributed by atoms with Crippen molar-refractivity contribution in [1.29, 1.82) is 0 Å². The minimum absolute atomic E-state index is 0. The molecule has 0 spiro atoms. The quantitative estimate of drug-likeness (QED) is 0.0552. The van der Waals surface area contributed by atoms with Gasteiger partial charge in [0, 0.05) is 0 Å². The average molecular weight is 567 g/mol. The molecule has 0 aromatic carbocycles. The third-order valence-electron chi connectivity index (χ3n) is 7.27. The van der Waals surface area contributed by atoms with Gasteiger partial charge in [-0.3, -0.25) is 0 Å². The predicted molar refractivity (Wildman–Crippen MR) is 163 cm³/mol. The summed E-state index contributed by atoms with van der Waals surface area (Å²) in [5.74, 6) is -1.94. The molecule has 39 heavy (non-hydrogen) atoms. The van der Waals surface area contributed by atoms with Crippen molar-refractivity contribution in [2.24, 2.45) is 0 Å². The first-order chi connectivity index (χ1) is 18.5. The van der Waals surface area contributed by atoms with E-state index < -0.39 is 24.1 Å². The standard InChI is InChI=1S/C32H62O6.Na.H/c1-3-5-7-9-11-13-15-17-19-21-23-25-27-37-31(35)29(33)30(34)32(36)38-28-26-24-22-20-18-16-14-12-10-8-6-4-2;;/h29-30,33-34H,3-28H2,1-2H3;;. The second-order valence-electron chi connectivity index (χ2n) is 11.0. The molecule has 0 aliphatic carbocycles. The molecule has 228 valence electrons. The summed E-state index contributed by atoms with van der Waals surface area (Å²) >= 11 is 0. The molecule has 0 saturated carbocycles. The number of carbonyl (C=O) groups excluding carboxylic acids is 2. The van der Waals surface area contributed by atoms with Gasteiger partial charge in [-0.05, 0) is 12.8 Å². The summed E-state index contributed by atoms with van der Waals surface area (Å²) in [6.07, 6.45) is 25.3. The fraction of sp³-hybridized carbons (Fsp3) is 0.938. The van der Waals surface area contributed by atoms with Crippen LogP contribution in [0.4, 0.5) is 0 Å². The van der Waals surface area contributed by atoms with E-state index in [2.05, 4.69) is 13.8 Å². The molecule has 7 heteroatoms. The predicted octanol–water partition coefficient (Wildman–Crippen LogP) is 7.55. The van der Waals surface area contributed by atoms with E-state index in [9.17, 15) is 19.8 Å². The van der Waals surface area contributed by atoms with E-state index in [0.29, 0.717) is 0 Å². The molecular weight excluding hydrogens is 503 g/mol. The van der Waals surface area contributed by atoms with Crippen LogP contribution in [0.25, 0.3) is 0 Å². The fourth-order valence-corrected chi connectivity index (χ4v) is 4.66. The maximum absolute atomic E-state index is 11.9. The summed E-state index contributed by atoms with van der Waals surface area (Å²) in [5, 5.41) is 19.9. The minimum atomic E-state index is -1.90. The number of carbonyl (C=O) groups is 2. The number of hydrogen-bond donors (Lipinski definition) is 2. The molecule has 2 unspecified atom stereocenters. The third kappa shape index (κ3) is 27.8. The van der Waals surface area contributed by atoms with Gasteiger partial charge in [-0.25, -0.2) is 9.59 Å². The van der Waals surface area contributed by atoms with Crippen LogP contribution in [-0.2, 0) is 19.1 Å². The number of aliphatic hydroxyl groups is 2. The SMILES string of the molecule is CCCCCCCCCCCCCCOC(=O)C(O)C(O)C(=O)OCCCCCCCCCCCCCC.[NaH]. The van der Waals surface area contributed by atoms with Crippen molar-refractivity contribution in [2.75, 3.05) is 13.2 Å². The summed E-state index contributed by atoms with van der Waals surface area (Å²) in [6, 6.07) is 0. The summed E-state index contributed by atoms with van der Waals surface area (Å²) in [7, 11) is 0. The van der Waals surface area contributed by atoms with Gasteiger partial charge in [0.2, 0.25) is 0 Å². The van der Waals surface area contributed by atoms with Gasteiger partial charge in [0.1, 0.15) is 0 Å². The Labute approximate surface area is 263 Å². The van der Waals surface area contributed by atoms with Gasteiger partial charge in [-0.15, -0.1) is 0 Å². The number of aliphatic hydroxyl groups excluding tert-OH is 2. The van der Waals surface area contributed by atoms with Crippen molar-refractivity contribution < 1.29 is 29.3 Å².